The maximum Gasteiger partial charge on any atom is 0.330 e. The second kappa shape index (κ2) is 7.00. The zero-order chi connectivity index (χ0) is 17.8. The van der Waals surface area contributed by atoms with Crippen molar-refractivity contribution in [3.8, 4) is 0 Å². The first-order valence-corrected chi connectivity index (χ1v) is 7.71. The Labute approximate surface area is 144 Å². The van der Waals surface area contributed by atoms with E-state index in [-0.39, 0.29) is 11.5 Å². The van der Waals surface area contributed by atoms with Gasteiger partial charge in [-0.1, -0.05) is 46.8 Å². The van der Waals surface area contributed by atoms with E-state index in [4.69, 9.17) is 0 Å². The van der Waals surface area contributed by atoms with E-state index >= 15 is 0 Å². The fraction of sp³-hybridized carbons (Fsp3) is 0.105. The SMILES string of the molecule is COC(=O)/C=C/C(=C(/[O-])c1ccccc1)n1n[n+]2ccccc2c1C. The van der Waals surface area contributed by atoms with E-state index in [0.29, 0.717) is 5.56 Å². The van der Waals surface area contributed by atoms with Gasteiger partial charge in [0.1, 0.15) is 17.1 Å². The Morgan fingerprint density at radius 3 is 2.56 bits per heavy atom. The summed E-state index contributed by atoms with van der Waals surface area (Å²) in [6, 6.07) is 14.5. The van der Waals surface area contributed by atoms with Crippen molar-refractivity contribution in [1.82, 2.24) is 9.90 Å². The standard InChI is InChI=1S/C19H17N3O3/c1-14-16-10-6-7-13-21(16)20-22(14)17(11-12-18(23)25-2)19(24)15-8-4-3-5-9-15/h3-13H,1-2H3. The number of carbonyl (C=O) groups is 1. The molecule has 126 valence electrons. The summed E-state index contributed by atoms with van der Waals surface area (Å²) in [7, 11) is 1.29. The topological polar surface area (TPSA) is 71.3 Å². The van der Waals surface area contributed by atoms with Gasteiger partial charge < -0.3 is 9.84 Å². The van der Waals surface area contributed by atoms with Crippen LogP contribution in [-0.4, -0.2) is 23.0 Å². The first-order chi connectivity index (χ1) is 12.1. The number of allylic oxidation sites excluding steroid dienone is 2. The van der Waals surface area contributed by atoms with E-state index in [1.165, 1.54) is 23.9 Å². The van der Waals surface area contributed by atoms with Gasteiger partial charge in [-0.25, -0.2) is 4.79 Å². The minimum Gasteiger partial charge on any atom is -0.869 e. The summed E-state index contributed by atoms with van der Waals surface area (Å²) in [5.41, 5.74) is 2.43. The van der Waals surface area contributed by atoms with Crippen LogP contribution in [0.25, 0.3) is 17.0 Å². The highest BCUT2D eigenvalue weighted by Crippen LogP contribution is 2.20. The highest BCUT2D eigenvalue weighted by Gasteiger charge is 2.19. The van der Waals surface area contributed by atoms with Crippen LogP contribution >= 0.6 is 0 Å². The van der Waals surface area contributed by atoms with Crippen LogP contribution in [0.15, 0.2) is 66.9 Å². The van der Waals surface area contributed by atoms with Crippen molar-refractivity contribution >= 4 is 22.9 Å². The highest BCUT2D eigenvalue weighted by atomic mass is 16.5. The molecule has 0 bridgehead atoms. The predicted molar refractivity (Wildman–Crippen MR) is 90.8 cm³/mol. The predicted octanol–water partition coefficient (Wildman–Crippen LogP) is 1.35. The lowest BCUT2D eigenvalue weighted by atomic mass is 10.1. The van der Waals surface area contributed by atoms with Crippen LogP contribution < -0.4 is 9.62 Å². The van der Waals surface area contributed by atoms with E-state index < -0.39 is 5.97 Å². The van der Waals surface area contributed by atoms with Crippen molar-refractivity contribution in [1.29, 1.82) is 0 Å². The molecule has 0 atom stereocenters. The molecule has 3 aromatic rings. The maximum absolute atomic E-state index is 13.0. The van der Waals surface area contributed by atoms with Gasteiger partial charge in [-0.2, -0.15) is 0 Å². The van der Waals surface area contributed by atoms with Gasteiger partial charge in [0.05, 0.1) is 7.11 Å². The third kappa shape index (κ3) is 3.28. The van der Waals surface area contributed by atoms with Crippen molar-refractivity contribution in [2.75, 3.05) is 7.11 Å². The molecule has 3 rings (SSSR count). The number of nitrogens with zero attached hydrogens (tertiary/aromatic N) is 3. The number of esters is 1. The molecule has 0 fully saturated rings. The van der Waals surface area contributed by atoms with E-state index in [9.17, 15) is 9.90 Å². The number of hydrogen-bond donors (Lipinski definition) is 0. The normalized spacial score (nSPS) is 12.4. The molecule has 2 heterocycles. The second-order valence-electron chi connectivity index (χ2n) is 5.35. The van der Waals surface area contributed by atoms with Crippen molar-refractivity contribution in [3.63, 3.8) is 0 Å². The van der Waals surface area contributed by atoms with E-state index in [1.807, 2.05) is 31.2 Å². The Bertz CT molecular complexity index is 972. The van der Waals surface area contributed by atoms with Crippen molar-refractivity contribution < 1.29 is 19.2 Å². The molecule has 1 aromatic carbocycles. The number of pyridine rings is 1. The van der Waals surface area contributed by atoms with Crippen LogP contribution in [0.2, 0.25) is 0 Å². The van der Waals surface area contributed by atoms with Gasteiger partial charge in [0.2, 0.25) is 0 Å². The smallest absolute Gasteiger partial charge is 0.330 e. The van der Waals surface area contributed by atoms with Crippen LogP contribution in [0.1, 0.15) is 11.3 Å². The number of aromatic nitrogens is 3. The highest BCUT2D eigenvalue weighted by molar-refractivity contribution is 5.89. The van der Waals surface area contributed by atoms with Gasteiger partial charge in [-0.15, -0.1) is 4.52 Å². The molecule has 0 amide bonds. The molecule has 0 N–H and O–H groups in total. The number of hydrogen-bond acceptors (Lipinski definition) is 4. The number of benzene rings is 1. The van der Waals surface area contributed by atoms with Gasteiger partial charge in [0, 0.05) is 13.0 Å². The number of rotatable bonds is 4. The molecule has 6 heteroatoms. The summed E-state index contributed by atoms with van der Waals surface area (Å²) >= 11 is 0. The lowest BCUT2D eigenvalue weighted by Crippen LogP contribution is -2.24. The second-order valence-corrected chi connectivity index (χ2v) is 5.35. The molecule has 0 aliphatic rings. The molecule has 2 aromatic heterocycles. The summed E-state index contributed by atoms with van der Waals surface area (Å²) < 4.78 is 7.84. The number of methoxy groups -OCH3 is 1. The Kier molecular flexibility index (Phi) is 4.61. The average Bonchev–Trinajstić information content (AvgIpc) is 2.99. The van der Waals surface area contributed by atoms with Gasteiger partial charge >= 0.3 is 5.97 Å². The Morgan fingerprint density at radius 1 is 1.16 bits per heavy atom. The summed E-state index contributed by atoms with van der Waals surface area (Å²) in [5, 5.41) is 17.4. The minimum absolute atomic E-state index is 0.239. The molecule has 0 saturated heterocycles. The molecular formula is C19H17N3O3. The molecule has 6 nitrogen and oxygen atoms in total. The van der Waals surface area contributed by atoms with Gasteiger partial charge in [-0.3, -0.25) is 0 Å². The van der Waals surface area contributed by atoms with Gasteiger partial charge in [0.15, 0.2) is 11.2 Å². The molecule has 25 heavy (non-hydrogen) atoms. The number of aryl methyl sites for hydroxylation is 1. The van der Waals surface area contributed by atoms with Crippen molar-refractivity contribution in [2.24, 2.45) is 0 Å². The largest absolute Gasteiger partial charge is 0.869 e. The Morgan fingerprint density at radius 2 is 1.88 bits per heavy atom. The van der Waals surface area contributed by atoms with E-state index in [0.717, 1.165) is 11.2 Å². The van der Waals surface area contributed by atoms with Crippen LogP contribution in [-0.2, 0) is 9.53 Å². The van der Waals surface area contributed by atoms with Crippen molar-refractivity contribution in [3.05, 3.63) is 78.1 Å². The van der Waals surface area contributed by atoms with Gasteiger partial charge in [-0.05, 0) is 23.8 Å². The molecule has 0 saturated carbocycles. The van der Waals surface area contributed by atoms with Crippen LogP contribution in [0, 0.1) is 6.92 Å². The minimum atomic E-state index is -0.541. The lowest BCUT2D eigenvalue weighted by Gasteiger charge is -2.14. The third-order valence-corrected chi connectivity index (χ3v) is 3.79. The van der Waals surface area contributed by atoms with Crippen LogP contribution in [0.4, 0.5) is 0 Å². The fourth-order valence-electron chi connectivity index (χ4n) is 2.49. The van der Waals surface area contributed by atoms with E-state index in [1.54, 1.807) is 35.0 Å². The summed E-state index contributed by atoms with van der Waals surface area (Å²) in [6.45, 7) is 1.87. The summed E-state index contributed by atoms with van der Waals surface area (Å²) in [4.78, 5) is 11.5. The third-order valence-electron chi connectivity index (χ3n) is 3.79. The molecule has 0 aliphatic heterocycles. The maximum atomic E-state index is 13.0. The molecule has 0 radical (unpaired) electrons. The monoisotopic (exact) mass is 335 g/mol. The van der Waals surface area contributed by atoms with Crippen LogP contribution in [0.3, 0.4) is 0 Å². The zero-order valence-corrected chi connectivity index (χ0v) is 13.9. The molecule has 0 aliphatic carbocycles. The fourth-order valence-corrected chi connectivity index (χ4v) is 2.49. The average molecular weight is 335 g/mol. The van der Waals surface area contributed by atoms with E-state index in [2.05, 4.69) is 9.95 Å². The zero-order valence-electron chi connectivity index (χ0n) is 13.9. The molecule has 0 spiro atoms. The molecule has 0 unspecified atom stereocenters. The first kappa shape index (κ1) is 16.4. The van der Waals surface area contributed by atoms with Crippen molar-refractivity contribution in [2.45, 2.75) is 6.92 Å². The Hall–Kier alpha value is -3.41. The number of fused-ring (bicyclic) bond motifs is 1. The Balaban J connectivity index is 2.21. The molecular weight excluding hydrogens is 318 g/mol. The van der Waals surface area contributed by atoms with Gasteiger partial charge in [0.25, 0.3) is 0 Å². The quantitative estimate of drug-likeness (QED) is 0.237. The number of ether oxygens (including phenoxy) is 1. The first-order valence-electron chi connectivity index (χ1n) is 7.71. The summed E-state index contributed by atoms with van der Waals surface area (Å²) in [5.74, 6) is -0.780. The summed E-state index contributed by atoms with van der Waals surface area (Å²) in [6.07, 6.45) is 4.45. The number of carbonyl (C=O) groups excluding carboxylic acids is 1. The van der Waals surface area contributed by atoms with Crippen LogP contribution in [0.5, 0.6) is 0 Å². The lowest BCUT2D eigenvalue weighted by molar-refractivity contribution is -0.583.